The minimum absolute atomic E-state index is 0.0511. The zero-order chi connectivity index (χ0) is 19.1. The van der Waals surface area contributed by atoms with E-state index in [9.17, 15) is 9.59 Å². The van der Waals surface area contributed by atoms with Crippen molar-refractivity contribution in [3.8, 4) is 0 Å². The predicted molar refractivity (Wildman–Crippen MR) is 106 cm³/mol. The molecule has 5 nitrogen and oxygen atoms in total. The number of nitrogens with one attached hydrogen (secondary N) is 3. The van der Waals surface area contributed by atoms with Crippen molar-refractivity contribution in [3.63, 3.8) is 0 Å². The Balaban J connectivity index is 2.03. The molecule has 2 rings (SSSR count). The molecule has 138 valence electrons. The molecule has 0 aliphatic rings. The van der Waals surface area contributed by atoms with E-state index in [0.29, 0.717) is 11.6 Å². The van der Waals surface area contributed by atoms with Crippen LogP contribution in [0.1, 0.15) is 39.2 Å². The van der Waals surface area contributed by atoms with Crippen molar-refractivity contribution in [1.29, 1.82) is 0 Å². The lowest BCUT2D eigenvalue weighted by Gasteiger charge is -2.22. The lowest BCUT2D eigenvalue weighted by Crippen LogP contribution is -2.48. The highest BCUT2D eigenvalue weighted by Gasteiger charge is 2.24. The van der Waals surface area contributed by atoms with Gasteiger partial charge in [-0.1, -0.05) is 58.0 Å². The third kappa shape index (κ3) is 5.62. The van der Waals surface area contributed by atoms with E-state index in [1.165, 1.54) is 0 Å². The number of carbonyl (C=O) groups excluding carboxylic acids is 2. The molecule has 0 fully saturated rings. The van der Waals surface area contributed by atoms with E-state index in [-0.39, 0.29) is 11.8 Å². The molecule has 3 amide bonds. The molecule has 0 bridgehead atoms. The van der Waals surface area contributed by atoms with Gasteiger partial charge in [-0.15, -0.1) is 0 Å². The van der Waals surface area contributed by atoms with Crippen LogP contribution in [-0.2, 0) is 4.79 Å². The molecular formula is C21H27N3O2. The van der Waals surface area contributed by atoms with Gasteiger partial charge >= 0.3 is 6.03 Å². The molecule has 2 aromatic carbocycles. The number of para-hydroxylation sites is 1. The topological polar surface area (TPSA) is 70.2 Å². The second-order valence-electron chi connectivity index (χ2n) is 6.96. The predicted octanol–water partition coefficient (Wildman–Crippen LogP) is 4.59. The van der Waals surface area contributed by atoms with Gasteiger partial charge in [0.05, 0.1) is 0 Å². The molecule has 0 saturated heterocycles. The first kappa shape index (κ1) is 19.5. The summed E-state index contributed by atoms with van der Waals surface area (Å²) in [5.41, 5.74) is 2.56. The maximum absolute atomic E-state index is 12.7. The van der Waals surface area contributed by atoms with Crippen molar-refractivity contribution in [3.05, 3.63) is 60.2 Å². The molecule has 2 aromatic rings. The summed E-state index contributed by atoms with van der Waals surface area (Å²) < 4.78 is 0. The SMILES string of the molecule is CC(C)c1cccc(NC(=O)[C@@H](NC(=O)Nc2ccccc2)C(C)C)c1. The first-order chi connectivity index (χ1) is 12.4. The monoisotopic (exact) mass is 353 g/mol. The summed E-state index contributed by atoms with van der Waals surface area (Å²) in [7, 11) is 0. The molecule has 26 heavy (non-hydrogen) atoms. The number of hydrogen-bond donors (Lipinski definition) is 3. The highest BCUT2D eigenvalue weighted by atomic mass is 16.2. The summed E-state index contributed by atoms with van der Waals surface area (Å²) in [5, 5.41) is 8.41. The summed E-state index contributed by atoms with van der Waals surface area (Å²) in [6, 6.07) is 15.9. The Labute approximate surface area is 155 Å². The third-order valence-electron chi connectivity index (χ3n) is 4.09. The smallest absolute Gasteiger partial charge is 0.319 e. The van der Waals surface area contributed by atoms with E-state index in [4.69, 9.17) is 0 Å². The van der Waals surface area contributed by atoms with Crippen molar-refractivity contribution < 1.29 is 9.59 Å². The fraction of sp³-hybridized carbons (Fsp3) is 0.333. The summed E-state index contributed by atoms with van der Waals surface area (Å²) in [6.07, 6.45) is 0. The van der Waals surface area contributed by atoms with Crippen molar-refractivity contribution in [1.82, 2.24) is 5.32 Å². The van der Waals surface area contributed by atoms with Gasteiger partial charge in [-0.05, 0) is 41.7 Å². The Kier molecular flexibility index (Phi) is 6.78. The Bertz CT molecular complexity index is 742. The maximum Gasteiger partial charge on any atom is 0.319 e. The minimum atomic E-state index is -0.638. The number of benzene rings is 2. The average molecular weight is 353 g/mol. The van der Waals surface area contributed by atoms with Crippen LogP contribution in [0.5, 0.6) is 0 Å². The van der Waals surface area contributed by atoms with Crippen molar-refractivity contribution in [2.45, 2.75) is 39.7 Å². The molecule has 3 N–H and O–H groups in total. The van der Waals surface area contributed by atoms with E-state index < -0.39 is 12.1 Å². The van der Waals surface area contributed by atoms with Gasteiger partial charge in [-0.25, -0.2) is 4.79 Å². The van der Waals surface area contributed by atoms with E-state index in [1.54, 1.807) is 12.1 Å². The zero-order valence-electron chi connectivity index (χ0n) is 15.7. The molecule has 0 saturated carbocycles. The van der Waals surface area contributed by atoms with E-state index in [2.05, 4.69) is 29.8 Å². The van der Waals surface area contributed by atoms with Crippen LogP contribution in [0.2, 0.25) is 0 Å². The van der Waals surface area contributed by atoms with Crippen molar-refractivity contribution in [2.24, 2.45) is 5.92 Å². The van der Waals surface area contributed by atoms with Crippen LogP contribution in [0.15, 0.2) is 54.6 Å². The van der Waals surface area contributed by atoms with Crippen LogP contribution in [-0.4, -0.2) is 18.0 Å². The number of hydrogen-bond acceptors (Lipinski definition) is 2. The third-order valence-corrected chi connectivity index (χ3v) is 4.09. The van der Waals surface area contributed by atoms with E-state index >= 15 is 0 Å². The van der Waals surface area contributed by atoms with Gasteiger partial charge in [0.1, 0.15) is 6.04 Å². The Morgan fingerprint density at radius 2 is 1.46 bits per heavy atom. The zero-order valence-corrected chi connectivity index (χ0v) is 15.7. The normalized spacial score (nSPS) is 11.9. The first-order valence-corrected chi connectivity index (χ1v) is 8.90. The summed E-state index contributed by atoms with van der Waals surface area (Å²) in [4.78, 5) is 24.9. The molecular weight excluding hydrogens is 326 g/mol. The standard InChI is InChI=1S/C21H27N3O2/c1-14(2)16-9-8-12-18(13-16)22-20(25)19(15(3)4)24-21(26)23-17-10-6-5-7-11-17/h5-15,19H,1-4H3,(H,22,25)(H2,23,24,26)/t19-/m0/s1. The van der Waals surface area contributed by atoms with E-state index in [0.717, 1.165) is 11.3 Å². The molecule has 0 radical (unpaired) electrons. The van der Waals surface area contributed by atoms with Crippen LogP contribution in [0.3, 0.4) is 0 Å². The van der Waals surface area contributed by atoms with Crippen LogP contribution in [0.4, 0.5) is 16.2 Å². The number of rotatable bonds is 6. The number of anilines is 2. The van der Waals surface area contributed by atoms with Crippen LogP contribution in [0.25, 0.3) is 0 Å². The molecule has 0 aromatic heterocycles. The van der Waals surface area contributed by atoms with Crippen LogP contribution in [0, 0.1) is 5.92 Å². The molecule has 0 heterocycles. The molecule has 0 spiro atoms. The highest BCUT2D eigenvalue weighted by molar-refractivity contribution is 5.99. The van der Waals surface area contributed by atoms with Gasteiger partial charge < -0.3 is 16.0 Å². The van der Waals surface area contributed by atoms with Crippen LogP contribution >= 0.6 is 0 Å². The quantitative estimate of drug-likeness (QED) is 0.710. The number of amides is 3. The van der Waals surface area contributed by atoms with Gasteiger partial charge in [0.25, 0.3) is 0 Å². The highest BCUT2D eigenvalue weighted by Crippen LogP contribution is 2.19. The fourth-order valence-corrected chi connectivity index (χ4v) is 2.56. The maximum atomic E-state index is 12.7. The van der Waals surface area contributed by atoms with Gasteiger partial charge in [0, 0.05) is 11.4 Å². The van der Waals surface area contributed by atoms with Gasteiger partial charge in [-0.3, -0.25) is 4.79 Å². The summed E-state index contributed by atoms with van der Waals surface area (Å²) >= 11 is 0. The molecule has 0 unspecified atom stereocenters. The Hall–Kier alpha value is -2.82. The molecule has 1 atom stereocenters. The minimum Gasteiger partial charge on any atom is -0.326 e. The van der Waals surface area contributed by atoms with Gasteiger partial charge in [0.2, 0.25) is 5.91 Å². The molecule has 5 heteroatoms. The number of urea groups is 1. The molecule has 0 aliphatic heterocycles. The van der Waals surface area contributed by atoms with Gasteiger partial charge in [-0.2, -0.15) is 0 Å². The van der Waals surface area contributed by atoms with Gasteiger partial charge in [0.15, 0.2) is 0 Å². The number of carbonyl (C=O) groups is 2. The molecule has 0 aliphatic carbocycles. The fourth-order valence-electron chi connectivity index (χ4n) is 2.56. The summed E-state index contributed by atoms with van der Waals surface area (Å²) in [5.74, 6) is 0.0939. The summed E-state index contributed by atoms with van der Waals surface area (Å²) in [6.45, 7) is 8.01. The second kappa shape index (κ2) is 9.04. The second-order valence-corrected chi connectivity index (χ2v) is 6.96. The average Bonchev–Trinajstić information content (AvgIpc) is 2.60. The van der Waals surface area contributed by atoms with Crippen molar-refractivity contribution in [2.75, 3.05) is 10.6 Å². The lowest BCUT2D eigenvalue weighted by molar-refractivity contribution is -0.118. The Morgan fingerprint density at radius 1 is 0.808 bits per heavy atom. The van der Waals surface area contributed by atoms with E-state index in [1.807, 2.05) is 56.3 Å². The lowest BCUT2D eigenvalue weighted by atomic mass is 10.0. The van der Waals surface area contributed by atoms with Crippen LogP contribution < -0.4 is 16.0 Å². The first-order valence-electron chi connectivity index (χ1n) is 8.90. The largest absolute Gasteiger partial charge is 0.326 e. The Morgan fingerprint density at radius 3 is 2.08 bits per heavy atom. The van der Waals surface area contributed by atoms with Crippen molar-refractivity contribution >= 4 is 23.3 Å².